The molecule has 0 spiro atoms. The van der Waals surface area contributed by atoms with E-state index in [4.69, 9.17) is 0 Å². The second kappa shape index (κ2) is 3.93. The summed E-state index contributed by atoms with van der Waals surface area (Å²) < 4.78 is 1.98. The molecule has 0 radical (unpaired) electrons. The van der Waals surface area contributed by atoms with E-state index in [1.54, 1.807) is 0 Å². The summed E-state index contributed by atoms with van der Waals surface area (Å²) in [5.41, 5.74) is 1.25. The third-order valence-electron chi connectivity index (χ3n) is 3.39. The molecular weight excluding hydrogens is 190 g/mol. The highest BCUT2D eigenvalue weighted by Crippen LogP contribution is 2.40. The molecule has 0 amide bonds. The van der Waals surface area contributed by atoms with E-state index in [1.165, 1.54) is 5.69 Å². The van der Waals surface area contributed by atoms with Crippen LogP contribution in [-0.4, -0.2) is 26.2 Å². The van der Waals surface area contributed by atoms with Crippen molar-refractivity contribution in [1.82, 2.24) is 15.0 Å². The Kier molecular flexibility index (Phi) is 2.78. The Hall–Kier alpha value is -0.900. The minimum absolute atomic E-state index is 0.0675. The highest BCUT2D eigenvalue weighted by molar-refractivity contribution is 5.15. The summed E-state index contributed by atoms with van der Waals surface area (Å²) in [6.45, 7) is 5.26. The third kappa shape index (κ3) is 1.91. The number of aromatic nitrogens is 3. The van der Waals surface area contributed by atoms with Gasteiger partial charge in [0.1, 0.15) is 0 Å². The van der Waals surface area contributed by atoms with Gasteiger partial charge in [-0.25, -0.2) is 4.68 Å². The van der Waals surface area contributed by atoms with Crippen LogP contribution in [0.5, 0.6) is 0 Å². The van der Waals surface area contributed by atoms with Crippen LogP contribution in [0.2, 0.25) is 0 Å². The average Bonchev–Trinajstić information content (AvgIpc) is 2.75. The van der Waals surface area contributed by atoms with E-state index in [9.17, 15) is 5.11 Å². The first-order chi connectivity index (χ1) is 7.15. The molecule has 2 rings (SSSR count). The van der Waals surface area contributed by atoms with Crippen molar-refractivity contribution in [3.05, 3.63) is 11.9 Å². The number of aliphatic hydroxyl groups is 1. The van der Waals surface area contributed by atoms with Gasteiger partial charge in [0.2, 0.25) is 0 Å². The van der Waals surface area contributed by atoms with Crippen molar-refractivity contribution in [2.75, 3.05) is 0 Å². The second-order valence-electron chi connectivity index (χ2n) is 4.80. The molecular formula is C11H19N3O. The van der Waals surface area contributed by atoms with Crippen molar-refractivity contribution < 1.29 is 5.11 Å². The predicted molar refractivity (Wildman–Crippen MR) is 57.5 cm³/mol. The number of aliphatic hydroxyl groups excluding tert-OH is 1. The zero-order valence-electron chi connectivity index (χ0n) is 9.48. The Morgan fingerprint density at radius 2 is 2.47 bits per heavy atom. The van der Waals surface area contributed by atoms with Crippen molar-refractivity contribution in [3.63, 3.8) is 0 Å². The molecule has 1 aromatic rings. The molecule has 1 heterocycles. The molecule has 1 aliphatic carbocycles. The topological polar surface area (TPSA) is 50.9 Å². The monoisotopic (exact) mass is 209 g/mol. The summed E-state index contributed by atoms with van der Waals surface area (Å²) in [5.74, 6) is 0. The molecule has 4 nitrogen and oxygen atoms in total. The first-order valence-electron chi connectivity index (χ1n) is 5.73. The molecule has 0 aliphatic heterocycles. The number of aryl methyl sites for hydroxylation is 1. The maximum absolute atomic E-state index is 9.63. The van der Waals surface area contributed by atoms with Gasteiger partial charge in [-0.15, -0.1) is 5.10 Å². The predicted octanol–water partition coefficient (Wildman–Crippen LogP) is 1.49. The van der Waals surface area contributed by atoms with Crippen LogP contribution in [0, 0.1) is 0 Å². The van der Waals surface area contributed by atoms with E-state index in [-0.39, 0.29) is 11.5 Å². The van der Waals surface area contributed by atoms with Gasteiger partial charge in [-0.2, -0.15) is 0 Å². The maximum atomic E-state index is 9.63. The van der Waals surface area contributed by atoms with Gasteiger partial charge in [0, 0.05) is 12.0 Å². The number of hydrogen-bond donors (Lipinski definition) is 1. The van der Waals surface area contributed by atoms with Crippen LogP contribution in [0.3, 0.4) is 0 Å². The van der Waals surface area contributed by atoms with Crippen molar-refractivity contribution >= 4 is 0 Å². The zero-order valence-corrected chi connectivity index (χ0v) is 9.48. The average molecular weight is 209 g/mol. The lowest BCUT2D eigenvalue weighted by Gasteiger charge is -2.23. The molecule has 1 N–H and O–H groups in total. The van der Waals surface area contributed by atoms with Crippen molar-refractivity contribution in [2.24, 2.45) is 0 Å². The molecule has 0 saturated heterocycles. The lowest BCUT2D eigenvalue weighted by atomic mass is 9.85. The Labute approximate surface area is 90.3 Å². The Bertz CT molecular complexity index is 336. The summed E-state index contributed by atoms with van der Waals surface area (Å²) in [6.07, 6.45) is 5.53. The lowest BCUT2D eigenvalue weighted by Crippen LogP contribution is -2.23. The van der Waals surface area contributed by atoms with Gasteiger partial charge in [-0.3, -0.25) is 0 Å². The molecule has 1 fully saturated rings. The first kappa shape index (κ1) is 10.6. The number of hydrogen-bond acceptors (Lipinski definition) is 3. The molecule has 2 atom stereocenters. The van der Waals surface area contributed by atoms with Crippen molar-refractivity contribution in [1.29, 1.82) is 0 Å². The van der Waals surface area contributed by atoms with Crippen LogP contribution in [0.25, 0.3) is 0 Å². The molecule has 1 saturated carbocycles. The summed E-state index contributed by atoms with van der Waals surface area (Å²) in [6, 6.07) is 0. The molecule has 2 unspecified atom stereocenters. The fraction of sp³-hybridized carbons (Fsp3) is 0.818. The van der Waals surface area contributed by atoms with Crippen LogP contribution >= 0.6 is 0 Å². The van der Waals surface area contributed by atoms with Gasteiger partial charge in [0.25, 0.3) is 0 Å². The first-order valence-corrected chi connectivity index (χ1v) is 5.73. The maximum Gasteiger partial charge on any atom is 0.0730 e. The van der Waals surface area contributed by atoms with E-state index in [0.29, 0.717) is 0 Å². The van der Waals surface area contributed by atoms with Crippen LogP contribution in [0.4, 0.5) is 0 Å². The molecule has 84 valence electrons. The highest BCUT2D eigenvalue weighted by atomic mass is 16.3. The van der Waals surface area contributed by atoms with Gasteiger partial charge in [0.15, 0.2) is 0 Å². The minimum atomic E-state index is -0.153. The molecule has 4 heteroatoms. The van der Waals surface area contributed by atoms with Crippen LogP contribution in [0.15, 0.2) is 6.20 Å². The molecule has 1 aromatic heterocycles. The molecule has 0 bridgehead atoms. The SMILES string of the molecule is CCCn1nncc1C1(C)CCC(O)C1. The summed E-state index contributed by atoms with van der Waals surface area (Å²) >= 11 is 0. The van der Waals surface area contributed by atoms with Gasteiger partial charge in [-0.1, -0.05) is 19.1 Å². The van der Waals surface area contributed by atoms with E-state index < -0.39 is 0 Å². The molecule has 0 aromatic carbocycles. The minimum Gasteiger partial charge on any atom is -0.393 e. The van der Waals surface area contributed by atoms with E-state index in [0.717, 1.165) is 32.2 Å². The fourth-order valence-corrected chi connectivity index (χ4v) is 2.54. The van der Waals surface area contributed by atoms with Crippen LogP contribution in [0.1, 0.15) is 45.2 Å². The summed E-state index contributed by atoms with van der Waals surface area (Å²) in [5, 5.41) is 17.7. The van der Waals surface area contributed by atoms with E-state index in [1.807, 2.05) is 10.9 Å². The Morgan fingerprint density at radius 3 is 3.07 bits per heavy atom. The van der Waals surface area contributed by atoms with Gasteiger partial charge >= 0.3 is 0 Å². The fourth-order valence-electron chi connectivity index (χ4n) is 2.54. The van der Waals surface area contributed by atoms with Gasteiger partial charge in [-0.05, 0) is 25.7 Å². The zero-order chi connectivity index (χ0) is 10.9. The van der Waals surface area contributed by atoms with Gasteiger partial charge in [0.05, 0.1) is 18.0 Å². The Balaban J connectivity index is 2.24. The second-order valence-corrected chi connectivity index (χ2v) is 4.80. The van der Waals surface area contributed by atoms with Crippen molar-refractivity contribution in [2.45, 2.75) is 57.6 Å². The van der Waals surface area contributed by atoms with Crippen LogP contribution in [-0.2, 0) is 12.0 Å². The highest BCUT2D eigenvalue weighted by Gasteiger charge is 2.38. The molecule has 15 heavy (non-hydrogen) atoms. The normalized spacial score (nSPS) is 31.0. The summed E-state index contributed by atoms with van der Waals surface area (Å²) in [7, 11) is 0. The van der Waals surface area contributed by atoms with Crippen LogP contribution < -0.4 is 0 Å². The lowest BCUT2D eigenvalue weighted by molar-refractivity contribution is 0.174. The standard InChI is InChI=1S/C11H19N3O/c1-3-6-14-10(8-12-13-14)11(2)5-4-9(15)7-11/h8-9,15H,3-7H2,1-2H3. The van der Waals surface area contributed by atoms with E-state index in [2.05, 4.69) is 24.2 Å². The number of nitrogens with zero attached hydrogens (tertiary/aromatic N) is 3. The quantitative estimate of drug-likeness (QED) is 0.820. The molecule has 1 aliphatic rings. The van der Waals surface area contributed by atoms with Gasteiger partial charge < -0.3 is 5.11 Å². The third-order valence-corrected chi connectivity index (χ3v) is 3.39. The largest absolute Gasteiger partial charge is 0.393 e. The Morgan fingerprint density at radius 1 is 1.67 bits per heavy atom. The van der Waals surface area contributed by atoms with E-state index >= 15 is 0 Å². The smallest absolute Gasteiger partial charge is 0.0730 e. The van der Waals surface area contributed by atoms with Crippen molar-refractivity contribution in [3.8, 4) is 0 Å². The summed E-state index contributed by atoms with van der Waals surface area (Å²) in [4.78, 5) is 0. The number of rotatable bonds is 3.